The van der Waals surface area contributed by atoms with Gasteiger partial charge in [0.15, 0.2) is 0 Å². The zero-order chi connectivity index (χ0) is 13.7. The monoisotopic (exact) mass is 262 g/mol. The van der Waals surface area contributed by atoms with Gasteiger partial charge in [-0.3, -0.25) is 4.79 Å². The highest BCUT2D eigenvalue weighted by Crippen LogP contribution is 2.24. The molecule has 1 aliphatic heterocycles. The maximum Gasteiger partial charge on any atom is 0.305 e. The van der Waals surface area contributed by atoms with Gasteiger partial charge < -0.3 is 15.3 Å². The van der Waals surface area contributed by atoms with Crippen molar-refractivity contribution < 1.29 is 9.90 Å². The Balaban J connectivity index is 1.85. The maximum atomic E-state index is 10.4. The molecule has 1 aliphatic rings. The summed E-state index contributed by atoms with van der Waals surface area (Å²) in [4.78, 5) is 12.8. The molecule has 1 aromatic carbocycles. The van der Waals surface area contributed by atoms with E-state index in [9.17, 15) is 4.79 Å². The molecule has 2 N–H and O–H groups in total. The number of hydrogen-bond donors (Lipinski definition) is 2. The molecule has 0 aliphatic carbocycles. The van der Waals surface area contributed by atoms with Crippen LogP contribution in [0.2, 0.25) is 0 Å². The summed E-state index contributed by atoms with van der Waals surface area (Å²) in [5, 5.41) is 11.7. The highest BCUT2D eigenvalue weighted by Gasteiger charge is 2.15. The Bertz CT molecular complexity index is 409. The minimum absolute atomic E-state index is 0.145. The Hall–Kier alpha value is -1.71. The lowest BCUT2D eigenvalue weighted by Gasteiger charge is -2.32. The number of rotatable bonds is 5. The van der Waals surface area contributed by atoms with E-state index in [1.165, 1.54) is 18.5 Å². The Morgan fingerprint density at radius 1 is 1.32 bits per heavy atom. The Morgan fingerprint density at radius 2 is 1.95 bits per heavy atom. The number of piperidine rings is 1. The van der Waals surface area contributed by atoms with Crippen LogP contribution in [-0.4, -0.2) is 30.7 Å². The van der Waals surface area contributed by atoms with Crippen LogP contribution >= 0.6 is 0 Å². The molecule has 1 saturated heterocycles. The van der Waals surface area contributed by atoms with E-state index in [2.05, 4.69) is 29.3 Å². The predicted octanol–water partition coefficient (Wildman–Crippen LogP) is 2.81. The molecule has 104 valence electrons. The van der Waals surface area contributed by atoms with Crippen LogP contribution in [0, 0.1) is 5.92 Å². The van der Waals surface area contributed by atoms with Crippen molar-refractivity contribution in [3.05, 3.63) is 24.3 Å². The normalized spacial score (nSPS) is 16.4. The first kappa shape index (κ1) is 13.7. The molecule has 0 radical (unpaired) electrons. The molecule has 1 heterocycles. The van der Waals surface area contributed by atoms with E-state index in [-0.39, 0.29) is 6.42 Å². The first-order valence-corrected chi connectivity index (χ1v) is 6.96. The molecule has 0 atom stereocenters. The van der Waals surface area contributed by atoms with Crippen molar-refractivity contribution in [3.8, 4) is 0 Å². The van der Waals surface area contributed by atoms with Crippen LogP contribution in [0.1, 0.15) is 26.2 Å². The Morgan fingerprint density at radius 3 is 2.53 bits per heavy atom. The van der Waals surface area contributed by atoms with Crippen LogP contribution < -0.4 is 10.2 Å². The SMILES string of the molecule is CC1CCN(c2ccc(NCCC(=O)O)cc2)CC1. The van der Waals surface area contributed by atoms with Crippen molar-refractivity contribution in [1.29, 1.82) is 0 Å². The van der Waals surface area contributed by atoms with Crippen LogP contribution in [0.5, 0.6) is 0 Å². The molecule has 2 rings (SSSR count). The number of nitrogens with zero attached hydrogens (tertiary/aromatic N) is 1. The Labute approximate surface area is 114 Å². The average Bonchev–Trinajstić information content (AvgIpc) is 2.40. The van der Waals surface area contributed by atoms with E-state index < -0.39 is 5.97 Å². The molecule has 0 aromatic heterocycles. The summed E-state index contributed by atoms with van der Waals surface area (Å²) >= 11 is 0. The van der Waals surface area contributed by atoms with Gasteiger partial charge in [0, 0.05) is 31.0 Å². The van der Waals surface area contributed by atoms with Gasteiger partial charge >= 0.3 is 5.97 Å². The summed E-state index contributed by atoms with van der Waals surface area (Å²) in [6, 6.07) is 8.27. The third-order valence-corrected chi connectivity index (χ3v) is 3.68. The van der Waals surface area contributed by atoms with Crippen LogP contribution in [0.25, 0.3) is 0 Å². The fourth-order valence-corrected chi connectivity index (χ4v) is 2.37. The number of carboxylic acid groups (broad SMARTS) is 1. The van der Waals surface area contributed by atoms with Gasteiger partial charge in [0.2, 0.25) is 0 Å². The fraction of sp³-hybridized carbons (Fsp3) is 0.533. The van der Waals surface area contributed by atoms with Gasteiger partial charge in [0.05, 0.1) is 6.42 Å². The largest absolute Gasteiger partial charge is 0.481 e. The molecule has 0 bridgehead atoms. The first-order chi connectivity index (χ1) is 9.15. The maximum absolute atomic E-state index is 10.4. The molecule has 1 fully saturated rings. The van der Waals surface area contributed by atoms with Crippen LogP contribution in [0.3, 0.4) is 0 Å². The van der Waals surface area contributed by atoms with Crippen LogP contribution in [0.4, 0.5) is 11.4 Å². The third kappa shape index (κ3) is 4.16. The van der Waals surface area contributed by atoms with E-state index in [0.29, 0.717) is 6.54 Å². The van der Waals surface area contributed by atoms with Crippen LogP contribution in [0.15, 0.2) is 24.3 Å². The summed E-state index contributed by atoms with van der Waals surface area (Å²) in [7, 11) is 0. The van der Waals surface area contributed by atoms with Crippen molar-refractivity contribution in [2.75, 3.05) is 29.9 Å². The van der Waals surface area contributed by atoms with Gasteiger partial charge in [-0.1, -0.05) is 6.92 Å². The minimum Gasteiger partial charge on any atom is -0.481 e. The number of carbonyl (C=O) groups is 1. The molecule has 4 heteroatoms. The first-order valence-electron chi connectivity index (χ1n) is 6.96. The molecule has 4 nitrogen and oxygen atoms in total. The lowest BCUT2D eigenvalue weighted by molar-refractivity contribution is -0.136. The lowest BCUT2D eigenvalue weighted by Crippen LogP contribution is -2.32. The summed E-state index contributed by atoms with van der Waals surface area (Å²) in [6.07, 6.45) is 2.67. The van der Waals surface area contributed by atoms with Gasteiger partial charge in [-0.25, -0.2) is 0 Å². The zero-order valence-corrected chi connectivity index (χ0v) is 11.4. The molecule has 1 aromatic rings. The second-order valence-electron chi connectivity index (χ2n) is 5.29. The topological polar surface area (TPSA) is 52.6 Å². The number of aliphatic carboxylic acids is 1. The highest BCUT2D eigenvalue weighted by molar-refractivity contribution is 5.67. The fourth-order valence-electron chi connectivity index (χ4n) is 2.37. The molecule has 0 unspecified atom stereocenters. The van der Waals surface area contributed by atoms with Crippen LogP contribution in [-0.2, 0) is 4.79 Å². The number of anilines is 2. The van der Waals surface area contributed by atoms with Crippen molar-refractivity contribution in [1.82, 2.24) is 0 Å². The van der Waals surface area contributed by atoms with E-state index in [0.717, 1.165) is 24.7 Å². The van der Waals surface area contributed by atoms with E-state index in [4.69, 9.17) is 5.11 Å². The molecular formula is C15H22N2O2. The van der Waals surface area contributed by atoms with Gasteiger partial charge in [-0.15, -0.1) is 0 Å². The molecule has 0 amide bonds. The number of carboxylic acids is 1. The molecule has 0 saturated carbocycles. The van der Waals surface area contributed by atoms with Gasteiger partial charge in [-0.05, 0) is 43.0 Å². The smallest absolute Gasteiger partial charge is 0.305 e. The van der Waals surface area contributed by atoms with Gasteiger partial charge in [-0.2, -0.15) is 0 Å². The third-order valence-electron chi connectivity index (χ3n) is 3.68. The quantitative estimate of drug-likeness (QED) is 0.856. The number of nitrogens with one attached hydrogen (secondary N) is 1. The highest BCUT2D eigenvalue weighted by atomic mass is 16.4. The van der Waals surface area contributed by atoms with Crippen molar-refractivity contribution in [2.24, 2.45) is 5.92 Å². The molecule has 19 heavy (non-hydrogen) atoms. The van der Waals surface area contributed by atoms with Gasteiger partial charge in [0.25, 0.3) is 0 Å². The summed E-state index contributed by atoms with van der Waals surface area (Å²) < 4.78 is 0. The van der Waals surface area contributed by atoms with Crippen molar-refractivity contribution >= 4 is 17.3 Å². The predicted molar refractivity (Wildman–Crippen MR) is 77.8 cm³/mol. The van der Waals surface area contributed by atoms with E-state index >= 15 is 0 Å². The van der Waals surface area contributed by atoms with Crippen molar-refractivity contribution in [3.63, 3.8) is 0 Å². The Kier molecular flexibility index (Phi) is 4.66. The second kappa shape index (κ2) is 6.45. The number of hydrogen-bond acceptors (Lipinski definition) is 3. The summed E-state index contributed by atoms with van der Waals surface area (Å²) in [5.74, 6) is 0.0692. The minimum atomic E-state index is -0.772. The molecular weight excluding hydrogens is 240 g/mol. The zero-order valence-electron chi connectivity index (χ0n) is 11.4. The average molecular weight is 262 g/mol. The van der Waals surface area contributed by atoms with Gasteiger partial charge in [0.1, 0.15) is 0 Å². The number of benzene rings is 1. The van der Waals surface area contributed by atoms with E-state index in [1.54, 1.807) is 0 Å². The summed E-state index contributed by atoms with van der Waals surface area (Å²) in [6.45, 7) is 5.04. The molecule has 0 spiro atoms. The second-order valence-corrected chi connectivity index (χ2v) is 5.29. The standard InChI is InChI=1S/C15H22N2O2/c1-12-7-10-17(11-8-12)14-4-2-13(3-5-14)16-9-6-15(18)19/h2-5,12,16H,6-11H2,1H3,(H,18,19). The van der Waals surface area contributed by atoms with E-state index in [1.807, 2.05) is 12.1 Å². The van der Waals surface area contributed by atoms with Crippen molar-refractivity contribution in [2.45, 2.75) is 26.2 Å². The summed E-state index contributed by atoms with van der Waals surface area (Å²) in [5.41, 5.74) is 2.24. The lowest BCUT2D eigenvalue weighted by atomic mass is 9.99.